The molecule has 0 aromatic carbocycles. The molecule has 3 heteroatoms. The minimum absolute atomic E-state index is 0.456. The second-order valence-electron chi connectivity index (χ2n) is 6.02. The van der Waals surface area contributed by atoms with Crippen molar-refractivity contribution in [3.63, 3.8) is 0 Å². The van der Waals surface area contributed by atoms with E-state index in [1.807, 2.05) is 12.3 Å². The number of aromatic nitrogens is 1. The number of aryl methyl sites for hydroxylation is 1. The Hall–Kier alpha value is -0.930. The molecule has 1 atom stereocenters. The van der Waals surface area contributed by atoms with Crippen molar-refractivity contribution >= 4 is 0 Å². The first-order chi connectivity index (χ1) is 9.09. The molecule has 0 bridgehead atoms. The van der Waals surface area contributed by atoms with Crippen LogP contribution in [0.5, 0.6) is 0 Å². The van der Waals surface area contributed by atoms with Gasteiger partial charge < -0.3 is 5.32 Å². The lowest BCUT2D eigenvalue weighted by Gasteiger charge is -2.31. The second kappa shape index (κ2) is 6.49. The van der Waals surface area contributed by atoms with Gasteiger partial charge in [-0.2, -0.15) is 0 Å². The van der Waals surface area contributed by atoms with Crippen LogP contribution in [0.25, 0.3) is 0 Å². The lowest BCUT2D eigenvalue weighted by molar-refractivity contribution is 0.173. The highest BCUT2D eigenvalue weighted by Gasteiger charge is 2.23. The lowest BCUT2D eigenvalue weighted by Crippen LogP contribution is -2.41. The van der Waals surface area contributed by atoms with Gasteiger partial charge in [-0.15, -0.1) is 0 Å². The maximum absolute atomic E-state index is 4.53. The van der Waals surface area contributed by atoms with E-state index in [1.54, 1.807) is 0 Å². The normalized spacial score (nSPS) is 18.6. The highest BCUT2D eigenvalue weighted by atomic mass is 15.2. The van der Waals surface area contributed by atoms with Gasteiger partial charge in [-0.25, -0.2) is 0 Å². The van der Waals surface area contributed by atoms with Crippen molar-refractivity contribution in [1.82, 2.24) is 15.2 Å². The van der Waals surface area contributed by atoms with Gasteiger partial charge in [0, 0.05) is 31.4 Å². The van der Waals surface area contributed by atoms with Crippen LogP contribution >= 0.6 is 0 Å². The number of hydrogen-bond acceptors (Lipinski definition) is 3. The van der Waals surface area contributed by atoms with Gasteiger partial charge in [-0.3, -0.25) is 9.88 Å². The molecule has 1 aromatic heterocycles. The fourth-order valence-electron chi connectivity index (χ4n) is 3.09. The van der Waals surface area contributed by atoms with E-state index in [2.05, 4.69) is 49.0 Å². The molecular weight excluding hydrogens is 234 g/mol. The fourth-order valence-corrected chi connectivity index (χ4v) is 3.09. The highest BCUT2D eigenvalue weighted by Crippen LogP contribution is 2.28. The van der Waals surface area contributed by atoms with Gasteiger partial charge >= 0.3 is 0 Å². The van der Waals surface area contributed by atoms with Crippen molar-refractivity contribution < 1.29 is 0 Å². The molecule has 0 spiro atoms. The van der Waals surface area contributed by atoms with Crippen LogP contribution in [0.15, 0.2) is 18.3 Å². The van der Waals surface area contributed by atoms with Gasteiger partial charge in [0.2, 0.25) is 0 Å². The van der Waals surface area contributed by atoms with Crippen LogP contribution in [-0.2, 0) is 6.42 Å². The van der Waals surface area contributed by atoms with Gasteiger partial charge in [-0.05, 0) is 52.2 Å². The molecule has 3 nitrogen and oxygen atoms in total. The van der Waals surface area contributed by atoms with Crippen LogP contribution in [0, 0.1) is 0 Å². The predicted molar refractivity (Wildman–Crippen MR) is 80.3 cm³/mol. The Morgan fingerprint density at radius 1 is 1.32 bits per heavy atom. The zero-order chi connectivity index (χ0) is 13.8. The molecule has 0 saturated carbocycles. The number of fused-ring (bicyclic) bond motifs is 1. The fraction of sp³-hybridized carbons (Fsp3) is 0.688. The smallest absolute Gasteiger partial charge is 0.0605 e. The summed E-state index contributed by atoms with van der Waals surface area (Å²) in [6.45, 7) is 11.2. The summed E-state index contributed by atoms with van der Waals surface area (Å²) >= 11 is 0. The minimum Gasteiger partial charge on any atom is -0.307 e. The van der Waals surface area contributed by atoms with Crippen molar-refractivity contribution in [3.8, 4) is 0 Å². The lowest BCUT2D eigenvalue weighted by atomic mass is 10.2. The third kappa shape index (κ3) is 3.54. The molecule has 106 valence electrons. The Bertz CT molecular complexity index is 393. The first-order valence-corrected chi connectivity index (χ1v) is 7.52. The number of pyridine rings is 1. The summed E-state index contributed by atoms with van der Waals surface area (Å²) in [5, 5.41) is 3.67. The second-order valence-corrected chi connectivity index (χ2v) is 6.02. The Balaban J connectivity index is 1.84. The molecule has 1 aliphatic rings. The molecule has 0 saturated heterocycles. The molecule has 0 radical (unpaired) electrons. The van der Waals surface area contributed by atoms with Gasteiger partial charge in [0.25, 0.3) is 0 Å². The summed E-state index contributed by atoms with van der Waals surface area (Å²) < 4.78 is 0. The first kappa shape index (κ1) is 14.5. The molecule has 1 unspecified atom stereocenters. The van der Waals surface area contributed by atoms with Crippen LogP contribution in [0.3, 0.4) is 0 Å². The molecule has 19 heavy (non-hydrogen) atoms. The van der Waals surface area contributed by atoms with Gasteiger partial charge in [0.1, 0.15) is 0 Å². The summed E-state index contributed by atoms with van der Waals surface area (Å²) in [7, 11) is 0. The standard InChI is InChI=1S/C16H27N3/c1-12(2)19(13(3)4)11-10-17-15-8-7-14-6-5-9-18-16(14)15/h5-6,9,12-13,15,17H,7-8,10-11H2,1-4H3. The summed E-state index contributed by atoms with van der Waals surface area (Å²) in [6, 6.07) is 5.92. The quantitative estimate of drug-likeness (QED) is 0.853. The summed E-state index contributed by atoms with van der Waals surface area (Å²) in [4.78, 5) is 7.06. The maximum Gasteiger partial charge on any atom is 0.0605 e. The van der Waals surface area contributed by atoms with Crippen molar-refractivity contribution in [2.45, 2.75) is 58.7 Å². The van der Waals surface area contributed by atoms with E-state index in [4.69, 9.17) is 0 Å². The van der Waals surface area contributed by atoms with Crippen LogP contribution in [0.2, 0.25) is 0 Å². The van der Waals surface area contributed by atoms with Crippen LogP contribution < -0.4 is 5.32 Å². The third-order valence-electron chi connectivity index (χ3n) is 4.05. The van der Waals surface area contributed by atoms with Gasteiger partial charge in [0.05, 0.1) is 11.7 Å². The van der Waals surface area contributed by atoms with Crippen molar-refractivity contribution in [2.75, 3.05) is 13.1 Å². The molecule has 0 fully saturated rings. The van der Waals surface area contributed by atoms with Gasteiger partial charge in [-0.1, -0.05) is 6.07 Å². The maximum atomic E-state index is 4.53. The molecule has 1 N–H and O–H groups in total. The Labute approximate surface area is 117 Å². The Kier molecular flexibility index (Phi) is 4.94. The first-order valence-electron chi connectivity index (χ1n) is 7.52. The topological polar surface area (TPSA) is 28.2 Å². The third-order valence-corrected chi connectivity index (χ3v) is 4.05. The highest BCUT2D eigenvalue weighted by molar-refractivity contribution is 5.27. The molecular formula is C16H27N3. The van der Waals surface area contributed by atoms with Crippen LogP contribution in [-0.4, -0.2) is 35.1 Å². The molecule has 0 aliphatic heterocycles. The molecule has 1 heterocycles. The van der Waals surface area contributed by atoms with E-state index in [9.17, 15) is 0 Å². The number of hydrogen-bond donors (Lipinski definition) is 1. The number of nitrogens with one attached hydrogen (secondary N) is 1. The van der Waals surface area contributed by atoms with Crippen molar-refractivity contribution in [3.05, 3.63) is 29.6 Å². The van der Waals surface area contributed by atoms with E-state index in [0.717, 1.165) is 13.1 Å². The van der Waals surface area contributed by atoms with E-state index in [1.165, 1.54) is 24.1 Å². The largest absolute Gasteiger partial charge is 0.307 e. The van der Waals surface area contributed by atoms with Gasteiger partial charge in [0.15, 0.2) is 0 Å². The molecule has 1 aromatic rings. The van der Waals surface area contributed by atoms with E-state index in [-0.39, 0.29) is 0 Å². The zero-order valence-corrected chi connectivity index (χ0v) is 12.7. The van der Waals surface area contributed by atoms with E-state index >= 15 is 0 Å². The van der Waals surface area contributed by atoms with Crippen molar-refractivity contribution in [2.24, 2.45) is 0 Å². The summed E-state index contributed by atoms with van der Waals surface area (Å²) in [5.74, 6) is 0. The van der Waals surface area contributed by atoms with Crippen LogP contribution in [0.4, 0.5) is 0 Å². The number of rotatable bonds is 6. The average molecular weight is 261 g/mol. The van der Waals surface area contributed by atoms with Crippen molar-refractivity contribution in [1.29, 1.82) is 0 Å². The monoisotopic (exact) mass is 261 g/mol. The van der Waals surface area contributed by atoms with E-state index < -0.39 is 0 Å². The number of nitrogens with zero attached hydrogens (tertiary/aromatic N) is 2. The SMILES string of the molecule is CC(C)N(CCNC1CCc2cccnc21)C(C)C. The average Bonchev–Trinajstić information content (AvgIpc) is 2.77. The Morgan fingerprint density at radius 3 is 2.74 bits per heavy atom. The Morgan fingerprint density at radius 2 is 2.05 bits per heavy atom. The summed E-state index contributed by atoms with van der Waals surface area (Å²) in [5.41, 5.74) is 2.69. The molecule has 2 rings (SSSR count). The molecule has 1 aliphatic carbocycles. The van der Waals surface area contributed by atoms with E-state index in [0.29, 0.717) is 18.1 Å². The van der Waals surface area contributed by atoms with Crippen LogP contribution in [0.1, 0.15) is 51.4 Å². The zero-order valence-electron chi connectivity index (χ0n) is 12.7. The predicted octanol–water partition coefficient (Wildman–Crippen LogP) is 2.78. The summed E-state index contributed by atoms with van der Waals surface area (Å²) in [6.07, 6.45) is 4.27. The minimum atomic E-state index is 0.456. The molecule has 0 amide bonds.